The zero-order valence-electron chi connectivity index (χ0n) is 13.9. The van der Waals surface area contributed by atoms with Crippen molar-refractivity contribution in [2.45, 2.75) is 50.5 Å². The van der Waals surface area contributed by atoms with Gasteiger partial charge in [0.2, 0.25) is 5.91 Å². The topological polar surface area (TPSA) is 71.1 Å². The van der Waals surface area contributed by atoms with Crippen LogP contribution in [0.25, 0.3) is 0 Å². The lowest BCUT2D eigenvalue weighted by Crippen LogP contribution is -2.55. The summed E-state index contributed by atoms with van der Waals surface area (Å²) in [5, 5.41) is 15.1. The molecule has 1 heterocycles. The molecule has 2 rings (SSSR count). The molecule has 1 amide bonds. The third-order valence-corrected chi connectivity index (χ3v) is 4.69. The predicted molar refractivity (Wildman–Crippen MR) is 87.4 cm³/mol. The lowest BCUT2D eigenvalue weighted by atomic mass is 9.85. The highest BCUT2D eigenvalue weighted by atomic mass is 16.5. The summed E-state index contributed by atoms with van der Waals surface area (Å²) in [4.78, 5) is 16.7. The van der Waals surface area contributed by atoms with E-state index in [1.807, 2.05) is 12.1 Å². The van der Waals surface area contributed by atoms with Gasteiger partial charge in [0, 0.05) is 32.0 Å². The highest BCUT2D eigenvalue weighted by molar-refractivity contribution is 5.79. The van der Waals surface area contributed by atoms with Crippen LogP contribution in [-0.2, 0) is 21.1 Å². The van der Waals surface area contributed by atoms with E-state index in [0.29, 0.717) is 19.4 Å². The van der Waals surface area contributed by atoms with Crippen LogP contribution >= 0.6 is 0 Å². The summed E-state index contributed by atoms with van der Waals surface area (Å²) in [6, 6.07) is 3.79. The molecule has 1 radical (unpaired) electrons. The van der Waals surface area contributed by atoms with Crippen LogP contribution in [0.15, 0.2) is 24.5 Å². The number of nitrogens with one attached hydrogen (secondary N) is 1. The minimum atomic E-state index is -0.798. The van der Waals surface area contributed by atoms with E-state index in [1.165, 1.54) is 6.42 Å². The Balaban J connectivity index is 2.09. The van der Waals surface area contributed by atoms with Crippen LogP contribution in [0.2, 0.25) is 0 Å². The van der Waals surface area contributed by atoms with Crippen LogP contribution in [0.5, 0.6) is 0 Å². The Labute approximate surface area is 138 Å². The van der Waals surface area contributed by atoms with Crippen LogP contribution in [0.4, 0.5) is 0 Å². The number of methoxy groups -OCH3 is 1. The summed E-state index contributed by atoms with van der Waals surface area (Å²) in [5.74, 6) is 0.0756. The summed E-state index contributed by atoms with van der Waals surface area (Å²) < 4.78 is 5.16. The molecule has 0 bridgehead atoms. The van der Waals surface area contributed by atoms with Crippen molar-refractivity contribution in [3.63, 3.8) is 0 Å². The molecule has 5 heteroatoms. The zero-order valence-corrected chi connectivity index (χ0v) is 13.9. The number of carbonyl (C=O) groups is 1. The van der Waals surface area contributed by atoms with Gasteiger partial charge < -0.3 is 10.1 Å². The molecule has 1 saturated carbocycles. The molecule has 0 aromatic carbocycles. The molecule has 1 aliphatic carbocycles. The van der Waals surface area contributed by atoms with Crippen molar-refractivity contribution in [2.75, 3.05) is 20.3 Å². The van der Waals surface area contributed by atoms with Crippen LogP contribution in [0.3, 0.4) is 0 Å². The van der Waals surface area contributed by atoms with Gasteiger partial charge in [-0.15, -0.1) is 0 Å². The first-order chi connectivity index (χ1) is 11.2. The molecule has 1 atom stereocenters. The number of rotatable bonds is 8. The minimum Gasteiger partial charge on any atom is -0.385 e. The normalized spacial score (nSPS) is 18.3. The Kier molecular flexibility index (Phi) is 6.99. The minimum absolute atomic E-state index is 0.0283. The number of nitrogens with zero attached hydrogens (tertiary/aromatic N) is 1. The monoisotopic (exact) mass is 319 g/mol. The van der Waals surface area contributed by atoms with Gasteiger partial charge in [0.05, 0.1) is 5.54 Å². The van der Waals surface area contributed by atoms with Crippen molar-refractivity contribution >= 4 is 5.91 Å². The zero-order chi connectivity index (χ0) is 16.5. The Hall–Kier alpha value is -1.46. The first-order valence-electron chi connectivity index (χ1n) is 8.47. The SMILES string of the molecule is COCCC(C[O])(Cc1cccnc1)NC(=O)C1CCCCC1. The molecule has 1 aromatic rings. The first kappa shape index (κ1) is 17.9. The molecule has 1 unspecified atom stereocenters. The third kappa shape index (κ3) is 5.29. The highest BCUT2D eigenvalue weighted by Gasteiger charge is 2.34. The van der Waals surface area contributed by atoms with Gasteiger partial charge >= 0.3 is 0 Å². The number of hydrogen-bond acceptors (Lipinski definition) is 3. The Morgan fingerprint density at radius 1 is 1.39 bits per heavy atom. The Morgan fingerprint density at radius 2 is 2.17 bits per heavy atom. The summed E-state index contributed by atoms with van der Waals surface area (Å²) in [7, 11) is 1.61. The van der Waals surface area contributed by atoms with E-state index in [1.54, 1.807) is 19.5 Å². The van der Waals surface area contributed by atoms with Crippen molar-refractivity contribution in [3.8, 4) is 0 Å². The molecule has 1 aromatic heterocycles. The van der Waals surface area contributed by atoms with Gasteiger partial charge in [-0.3, -0.25) is 9.78 Å². The van der Waals surface area contributed by atoms with Crippen LogP contribution < -0.4 is 5.32 Å². The highest BCUT2D eigenvalue weighted by Crippen LogP contribution is 2.26. The molecule has 0 spiro atoms. The summed E-state index contributed by atoms with van der Waals surface area (Å²) in [6.45, 7) is 0.0944. The first-order valence-corrected chi connectivity index (χ1v) is 8.47. The fourth-order valence-electron chi connectivity index (χ4n) is 3.27. The van der Waals surface area contributed by atoms with Crippen LogP contribution in [-0.4, -0.2) is 36.8 Å². The third-order valence-electron chi connectivity index (χ3n) is 4.69. The van der Waals surface area contributed by atoms with E-state index < -0.39 is 5.54 Å². The molecule has 0 saturated heterocycles. The van der Waals surface area contributed by atoms with Crippen molar-refractivity contribution in [1.82, 2.24) is 10.3 Å². The second-order valence-electron chi connectivity index (χ2n) is 6.53. The molecule has 127 valence electrons. The van der Waals surface area contributed by atoms with E-state index in [0.717, 1.165) is 31.2 Å². The summed E-state index contributed by atoms with van der Waals surface area (Å²) in [5.41, 5.74) is 0.163. The van der Waals surface area contributed by atoms with Crippen LogP contribution in [0.1, 0.15) is 44.1 Å². The molecular formula is C18H27N2O3. The quantitative estimate of drug-likeness (QED) is 0.800. The van der Waals surface area contributed by atoms with E-state index in [2.05, 4.69) is 10.3 Å². The average molecular weight is 319 g/mol. The van der Waals surface area contributed by atoms with E-state index in [-0.39, 0.29) is 18.4 Å². The summed E-state index contributed by atoms with van der Waals surface area (Å²) in [6.07, 6.45) is 9.73. The van der Waals surface area contributed by atoms with E-state index in [4.69, 9.17) is 4.74 Å². The van der Waals surface area contributed by atoms with Crippen LogP contribution in [0, 0.1) is 5.92 Å². The molecule has 5 nitrogen and oxygen atoms in total. The average Bonchev–Trinajstić information content (AvgIpc) is 2.61. The maximum absolute atomic E-state index is 12.6. The van der Waals surface area contributed by atoms with Gasteiger partial charge in [0.25, 0.3) is 0 Å². The van der Waals surface area contributed by atoms with Gasteiger partial charge in [-0.05, 0) is 37.3 Å². The van der Waals surface area contributed by atoms with Gasteiger partial charge in [0.1, 0.15) is 6.61 Å². The van der Waals surface area contributed by atoms with Crippen molar-refractivity contribution < 1.29 is 14.6 Å². The summed E-state index contributed by atoms with van der Waals surface area (Å²) >= 11 is 0. The molecule has 1 fully saturated rings. The van der Waals surface area contributed by atoms with E-state index in [9.17, 15) is 9.90 Å². The van der Waals surface area contributed by atoms with Gasteiger partial charge in [-0.25, -0.2) is 5.11 Å². The molecule has 1 aliphatic rings. The second-order valence-corrected chi connectivity index (χ2v) is 6.53. The molecular weight excluding hydrogens is 292 g/mol. The van der Waals surface area contributed by atoms with Gasteiger partial charge in [-0.1, -0.05) is 25.3 Å². The fraction of sp³-hybridized carbons (Fsp3) is 0.667. The molecule has 1 N–H and O–H groups in total. The maximum Gasteiger partial charge on any atom is 0.223 e. The number of ether oxygens (including phenoxy) is 1. The second kappa shape index (κ2) is 8.99. The smallest absolute Gasteiger partial charge is 0.223 e. The number of aromatic nitrogens is 1. The lowest BCUT2D eigenvalue weighted by Gasteiger charge is -2.34. The Bertz CT molecular complexity index is 474. The predicted octanol–water partition coefficient (Wildman–Crippen LogP) is 2.53. The maximum atomic E-state index is 12.6. The van der Waals surface area contributed by atoms with Crippen molar-refractivity contribution in [2.24, 2.45) is 5.92 Å². The standard InChI is InChI=1S/C18H27N2O3/c1-23-11-9-18(14-21,12-15-6-5-10-19-13-15)20-17(22)16-7-3-2-4-8-16/h5-6,10,13,16H,2-4,7-9,11-12,14H2,1H3,(H,20,22). The largest absolute Gasteiger partial charge is 0.385 e. The number of hydrogen-bond donors (Lipinski definition) is 1. The molecule has 0 aliphatic heterocycles. The van der Waals surface area contributed by atoms with Gasteiger partial charge in [0.15, 0.2) is 0 Å². The Morgan fingerprint density at radius 3 is 2.78 bits per heavy atom. The van der Waals surface area contributed by atoms with E-state index >= 15 is 0 Å². The molecule has 23 heavy (non-hydrogen) atoms. The lowest BCUT2D eigenvalue weighted by molar-refractivity contribution is -0.129. The van der Waals surface area contributed by atoms with Crippen molar-refractivity contribution in [1.29, 1.82) is 0 Å². The number of pyridine rings is 1. The van der Waals surface area contributed by atoms with Crippen molar-refractivity contribution in [3.05, 3.63) is 30.1 Å². The van der Waals surface area contributed by atoms with Gasteiger partial charge in [-0.2, -0.15) is 0 Å². The number of carbonyl (C=O) groups excluding carboxylic acids is 1. The number of amides is 1. The fourth-order valence-corrected chi connectivity index (χ4v) is 3.27.